The highest BCUT2D eigenvalue weighted by atomic mass is 35.5. The number of nitrogens with one attached hydrogen (secondary N) is 1. The molecule has 1 saturated heterocycles. The highest BCUT2D eigenvalue weighted by Gasteiger charge is 2.24. The molecule has 3 aromatic rings. The maximum absolute atomic E-state index is 6.36. The molecule has 5 rings (SSSR count). The van der Waals surface area contributed by atoms with Crippen LogP contribution in [0.5, 0.6) is 0 Å². The molecule has 0 bridgehead atoms. The van der Waals surface area contributed by atoms with Crippen molar-refractivity contribution in [3.8, 4) is 0 Å². The Bertz CT molecular complexity index is 1050. The summed E-state index contributed by atoms with van der Waals surface area (Å²) in [6, 6.07) is 6.17. The molecule has 31 heavy (non-hydrogen) atoms. The molecule has 2 aliphatic rings. The molecular weight excluding hydrogens is 455 g/mol. The lowest BCUT2D eigenvalue weighted by Gasteiger charge is -2.32. The summed E-state index contributed by atoms with van der Waals surface area (Å²) in [5.41, 5.74) is 6.10. The lowest BCUT2D eigenvalue weighted by molar-refractivity contribution is 0.216. The summed E-state index contributed by atoms with van der Waals surface area (Å²) in [5, 5.41) is 3.95. The van der Waals surface area contributed by atoms with E-state index in [1.54, 1.807) is 0 Å². The third-order valence-electron chi connectivity index (χ3n) is 6.55. The number of nitrogens with zero attached hydrogens (tertiary/aromatic N) is 5. The zero-order valence-electron chi connectivity index (χ0n) is 17.2. The molecule has 2 aromatic heterocycles. The monoisotopic (exact) mass is 478 g/mol. The molecule has 0 spiro atoms. The van der Waals surface area contributed by atoms with Gasteiger partial charge in [-0.05, 0) is 67.3 Å². The van der Waals surface area contributed by atoms with Gasteiger partial charge in [0.25, 0.3) is 0 Å². The smallest absolute Gasteiger partial charge is 0.226 e. The van der Waals surface area contributed by atoms with E-state index in [1.165, 1.54) is 25.7 Å². The minimum absolute atomic E-state index is 0.248. The van der Waals surface area contributed by atoms with Gasteiger partial charge in [-0.15, -0.1) is 0 Å². The minimum atomic E-state index is 0.248. The van der Waals surface area contributed by atoms with Crippen molar-refractivity contribution in [2.75, 3.05) is 18.5 Å². The van der Waals surface area contributed by atoms with Crippen molar-refractivity contribution >= 4 is 51.8 Å². The second-order valence-corrected chi connectivity index (χ2v) is 9.70. The van der Waals surface area contributed by atoms with E-state index in [1.807, 2.05) is 24.5 Å². The lowest BCUT2D eigenvalue weighted by atomic mass is 9.90. The summed E-state index contributed by atoms with van der Waals surface area (Å²) in [7, 11) is 0. The zero-order valence-corrected chi connectivity index (χ0v) is 19.5. The molecule has 1 N–H and O–H groups in total. The molecule has 1 aromatic carbocycles. The van der Waals surface area contributed by atoms with Crippen molar-refractivity contribution in [3.05, 3.63) is 45.4 Å². The number of hydrogen-bond acceptors (Lipinski definition) is 5. The van der Waals surface area contributed by atoms with Crippen LogP contribution in [0.15, 0.2) is 24.5 Å². The Hall–Kier alpha value is -1.60. The molecule has 0 atom stereocenters. The summed E-state index contributed by atoms with van der Waals surface area (Å²) in [6.07, 6.45) is 9.72. The number of anilines is 1. The van der Waals surface area contributed by atoms with Crippen molar-refractivity contribution < 1.29 is 0 Å². The first-order valence-electron chi connectivity index (χ1n) is 10.9. The Morgan fingerprint density at radius 3 is 2.39 bits per heavy atom. The summed E-state index contributed by atoms with van der Waals surface area (Å²) in [6.45, 7) is 1.80. The molecule has 1 saturated carbocycles. The van der Waals surface area contributed by atoms with Gasteiger partial charge in [-0.25, -0.2) is 9.99 Å². The van der Waals surface area contributed by atoms with Gasteiger partial charge >= 0.3 is 0 Å². The van der Waals surface area contributed by atoms with E-state index in [-0.39, 0.29) is 5.28 Å². The molecule has 0 unspecified atom stereocenters. The van der Waals surface area contributed by atoms with Gasteiger partial charge in [0.15, 0.2) is 17.0 Å². The van der Waals surface area contributed by atoms with E-state index in [2.05, 4.69) is 30.0 Å². The van der Waals surface area contributed by atoms with Gasteiger partial charge < -0.3 is 9.99 Å². The number of halogens is 3. The topological polar surface area (TPSA) is 58.9 Å². The predicted octanol–water partition coefficient (Wildman–Crippen LogP) is 6.18. The number of rotatable bonds is 5. The Labute approximate surface area is 196 Å². The largest absolute Gasteiger partial charge is 0.312 e. The van der Waals surface area contributed by atoms with E-state index < -0.39 is 0 Å². The van der Waals surface area contributed by atoms with Crippen LogP contribution in [0.3, 0.4) is 0 Å². The van der Waals surface area contributed by atoms with Crippen LogP contribution in [0.2, 0.25) is 15.3 Å². The van der Waals surface area contributed by atoms with E-state index in [0.717, 1.165) is 59.1 Å². The summed E-state index contributed by atoms with van der Waals surface area (Å²) >= 11 is 19.0. The Kier molecular flexibility index (Phi) is 6.24. The van der Waals surface area contributed by atoms with Crippen molar-refractivity contribution in [2.45, 2.75) is 51.0 Å². The predicted molar refractivity (Wildman–Crippen MR) is 126 cm³/mol. The van der Waals surface area contributed by atoms with Crippen LogP contribution in [0.25, 0.3) is 11.2 Å². The average Bonchev–Trinajstić information content (AvgIpc) is 3.42. The quantitative estimate of drug-likeness (QED) is 0.443. The standard InChI is InChI=1S/C22H25Cl3N6/c23-17-6-3-7-18(24)16(17)12-14-8-10-30(11-9-14)29-20-19-21(28-22(25)27-20)31(13-26-19)15-4-1-2-5-15/h3,6-7,13-15H,1-2,4-5,8-12H2,(H,27,28,29). The molecule has 0 radical (unpaired) electrons. The minimum Gasteiger partial charge on any atom is -0.312 e. The number of hydrogen-bond donors (Lipinski definition) is 1. The van der Waals surface area contributed by atoms with Gasteiger partial charge in [-0.3, -0.25) is 0 Å². The number of aromatic nitrogens is 4. The number of piperidine rings is 1. The number of hydrazine groups is 1. The molecular formula is C22H25Cl3N6. The second-order valence-electron chi connectivity index (χ2n) is 8.55. The third kappa shape index (κ3) is 4.49. The highest BCUT2D eigenvalue weighted by molar-refractivity contribution is 6.36. The van der Waals surface area contributed by atoms with Crippen LogP contribution in [0, 0.1) is 5.92 Å². The third-order valence-corrected chi connectivity index (χ3v) is 7.42. The van der Waals surface area contributed by atoms with Crippen LogP contribution in [-0.4, -0.2) is 37.6 Å². The fourth-order valence-electron chi connectivity index (χ4n) is 4.83. The fraction of sp³-hybridized carbons (Fsp3) is 0.500. The fourth-order valence-corrected chi connectivity index (χ4v) is 5.55. The van der Waals surface area contributed by atoms with Crippen molar-refractivity contribution in [2.24, 2.45) is 5.92 Å². The van der Waals surface area contributed by atoms with E-state index in [4.69, 9.17) is 34.8 Å². The normalized spacial score (nSPS) is 18.8. The second kappa shape index (κ2) is 9.10. The van der Waals surface area contributed by atoms with Gasteiger partial charge in [0.2, 0.25) is 5.28 Å². The first-order valence-corrected chi connectivity index (χ1v) is 12.1. The van der Waals surface area contributed by atoms with Gasteiger partial charge in [-0.2, -0.15) is 9.97 Å². The van der Waals surface area contributed by atoms with Crippen LogP contribution in [0.1, 0.15) is 50.1 Å². The molecule has 2 fully saturated rings. The lowest BCUT2D eigenvalue weighted by Crippen LogP contribution is -2.38. The van der Waals surface area contributed by atoms with Crippen molar-refractivity contribution in [3.63, 3.8) is 0 Å². The highest BCUT2D eigenvalue weighted by Crippen LogP contribution is 2.34. The van der Waals surface area contributed by atoms with Crippen LogP contribution in [0.4, 0.5) is 5.82 Å². The SMILES string of the molecule is Clc1nc(NN2CCC(Cc3c(Cl)cccc3Cl)CC2)c2ncn(C3CCCC3)c2n1. The zero-order chi connectivity index (χ0) is 21.4. The van der Waals surface area contributed by atoms with Crippen LogP contribution < -0.4 is 5.43 Å². The molecule has 1 aliphatic heterocycles. The van der Waals surface area contributed by atoms with Crippen LogP contribution in [-0.2, 0) is 6.42 Å². The van der Waals surface area contributed by atoms with Gasteiger partial charge in [0, 0.05) is 29.2 Å². The average molecular weight is 480 g/mol. The molecule has 6 nitrogen and oxygen atoms in total. The molecule has 3 heterocycles. The number of fused-ring (bicyclic) bond motifs is 1. The van der Waals surface area contributed by atoms with Gasteiger partial charge in [-0.1, -0.05) is 42.1 Å². The summed E-state index contributed by atoms with van der Waals surface area (Å²) in [5.74, 6) is 1.23. The first kappa shape index (κ1) is 21.3. The van der Waals surface area contributed by atoms with Crippen molar-refractivity contribution in [1.29, 1.82) is 0 Å². The number of benzene rings is 1. The van der Waals surface area contributed by atoms with Crippen LogP contribution >= 0.6 is 34.8 Å². The van der Waals surface area contributed by atoms with Gasteiger partial charge in [0.05, 0.1) is 6.33 Å². The van der Waals surface area contributed by atoms with E-state index in [9.17, 15) is 0 Å². The summed E-state index contributed by atoms with van der Waals surface area (Å²) < 4.78 is 2.17. The maximum atomic E-state index is 6.36. The molecule has 164 valence electrons. The van der Waals surface area contributed by atoms with Crippen molar-refractivity contribution in [1.82, 2.24) is 24.5 Å². The van der Waals surface area contributed by atoms with E-state index in [0.29, 0.717) is 17.8 Å². The van der Waals surface area contributed by atoms with Gasteiger partial charge in [0.1, 0.15) is 0 Å². The molecule has 1 aliphatic carbocycles. The Balaban J connectivity index is 1.27. The Morgan fingerprint density at radius 1 is 0.968 bits per heavy atom. The molecule has 0 amide bonds. The number of imidazole rings is 1. The van der Waals surface area contributed by atoms with E-state index >= 15 is 0 Å². The molecule has 9 heteroatoms. The maximum Gasteiger partial charge on any atom is 0.226 e. The Morgan fingerprint density at radius 2 is 1.68 bits per heavy atom. The summed E-state index contributed by atoms with van der Waals surface area (Å²) in [4.78, 5) is 13.5. The first-order chi connectivity index (χ1) is 15.1.